The number of benzene rings is 1. The molecule has 0 amide bonds. The molecule has 0 saturated carbocycles. The number of ketones is 2. The van der Waals surface area contributed by atoms with Crippen molar-refractivity contribution in [1.29, 1.82) is 0 Å². The van der Waals surface area contributed by atoms with E-state index in [0.717, 1.165) is 35.6 Å². The Morgan fingerprint density at radius 1 is 1.20 bits per heavy atom. The van der Waals surface area contributed by atoms with E-state index in [9.17, 15) is 22.4 Å². The molecule has 0 saturated heterocycles. The van der Waals surface area contributed by atoms with Crippen LogP contribution >= 0.6 is 11.3 Å². The molecular weight excluding hydrogens is 373 g/mol. The van der Waals surface area contributed by atoms with E-state index in [1.165, 1.54) is 5.38 Å². The summed E-state index contributed by atoms with van der Waals surface area (Å²) in [5.41, 5.74) is 0. The Kier molecular flexibility index (Phi) is 4.46. The van der Waals surface area contributed by atoms with Gasteiger partial charge in [-0.05, 0) is 29.5 Å². The highest BCUT2D eigenvalue weighted by molar-refractivity contribution is 7.91. The van der Waals surface area contributed by atoms with Gasteiger partial charge < -0.3 is 0 Å². The number of halogens is 1. The lowest BCUT2D eigenvalue weighted by molar-refractivity contribution is -0.114. The summed E-state index contributed by atoms with van der Waals surface area (Å²) in [5.74, 6) is -2.74. The third-order valence-electron chi connectivity index (χ3n) is 3.04. The minimum atomic E-state index is -3.94. The topological polar surface area (TPSA) is 136 Å². The van der Waals surface area contributed by atoms with Gasteiger partial charge in [0.15, 0.2) is 5.03 Å². The highest BCUT2D eigenvalue weighted by atomic mass is 32.2. The fraction of sp³-hybridized carbons (Fsp3) is 0.0769. The lowest BCUT2D eigenvalue weighted by Crippen LogP contribution is -2.18. The molecule has 128 valence electrons. The van der Waals surface area contributed by atoms with Gasteiger partial charge in [0.2, 0.25) is 21.4 Å². The monoisotopic (exact) mass is 381 g/mol. The smallest absolute Gasteiger partial charge is 0.269 e. The van der Waals surface area contributed by atoms with Crippen molar-refractivity contribution in [1.82, 2.24) is 25.6 Å². The van der Waals surface area contributed by atoms with Gasteiger partial charge >= 0.3 is 0 Å². The number of aromatic amines is 1. The molecular formula is C13H8FN5O4S2. The molecule has 0 spiro atoms. The Balaban J connectivity index is 1.79. The molecule has 0 unspecified atom stereocenters. The number of H-pyrrole nitrogens is 1. The Morgan fingerprint density at radius 2 is 1.92 bits per heavy atom. The van der Waals surface area contributed by atoms with Gasteiger partial charge in [0.05, 0.1) is 11.3 Å². The van der Waals surface area contributed by atoms with Crippen LogP contribution in [0.3, 0.4) is 0 Å². The number of hydrogen-bond acceptors (Lipinski definition) is 9. The number of carbonyl (C=O) groups is 2. The average molecular weight is 381 g/mol. The number of thiazole rings is 1. The summed E-state index contributed by atoms with van der Waals surface area (Å²) in [6.07, 6.45) is -0.392. The largest absolute Gasteiger partial charge is 0.290 e. The van der Waals surface area contributed by atoms with E-state index in [2.05, 4.69) is 25.6 Å². The molecule has 25 heavy (non-hydrogen) atoms. The Morgan fingerprint density at radius 3 is 2.56 bits per heavy atom. The van der Waals surface area contributed by atoms with Crippen LogP contribution in [0.4, 0.5) is 4.39 Å². The van der Waals surface area contributed by atoms with Gasteiger partial charge in [-0.1, -0.05) is 0 Å². The predicted molar refractivity (Wildman–Crippen MR) is 81.2 cm³/mol. The summed E-state index contributed by atoms with van der Waals surface area (Å²) in [6.45, 7) is 0. The maximum Gasteiger partial charge on any atom is 0.269 e. The van der Waals surface area contributed by atoms with Crippen molar-refractivity contribution in [3.63, 3.8) is 0 Å². The first-order chi connectivity index (χ1) is 11.9. The molecule has 3 rings (SSSR count). The van der Waals surface area contributed by atoms with E-state index in [-0.39, 0.29) is 20.8 Å². The van der Waals surface area contributed by atoms with Gasteiger partial charge in [-0.3, -0.25) is 9.59 Å². The van der Waals surface area contributed by atoms with E-state index in [1.807, 2.05) is 0 Å². The summed E-state index contributed by atoms with van der Waals surface area (Å²) < 4.78 is 37.7. The average Bonchev–Trinajstić information content (AvgIpc) is 3.26. The Hall–Kier alpha value is -2.86. The third-order valence-corrected chi connectivity index (χ3v) is 5.69. The number of rotatable bonds is 6. The molecule has 12 heteroatoms. The Labute approximate surface area is 143 Å². The first-order valence-electron chi connectivity index (χ1n) is 6.64. The maximum atomic E-state index is 12.9. The lowest BCUT2D eigenvalue weighted by Gasteiger charge is -2.00. The highest BCUT2D eigenvalue weighted by Gasteiger charge is 2.25. The first kappa shape index (κ1) is 17.0. The van der Waals surface area contributed by atoms with E-state index in [4.69, 9.17) is 0 Å². The van der Waals surface area contributed by atoms with Crippen molar-refractivity contribution in [2.45, 2.75) is 16.3 Å². The molecule has 2 heterocycles. The fourth-order valence-corrected chi connectivity index (χ4v) is 4.16. The van der Waals surface area contributed by atoms with Gasteiger partial charge in [-0.15, -0.1) is 21.5 Å². The second kappa shape index (κ2) is 6.57. The number of nitrogens with zero attached hydrogens (tertiary/aromatic N) is 4. The second-order valence-corrected chi connectivity index (χ2v) is 7.54. The molecule has 1 N–H and O–H groups in total. The quantitative estimate of drug-likeness (QED) is 0.373. The normalized spacial score (nSPS) is 11.4. The van der Waals surface area contributed by atoms with Crippen LogP contribution in [0.15, 0.2) is 39.6 Å². The van der Waals surface area contributed by atoms with Crippen molar-refractivity contribution in [2.75, 3.05) is 0 Å². The van der Waals surface area contributed by atoms with Crippen molar-refractivity contribution in [3.05, 3.63) is 46.3 Å². The maximum absolute atomic E-state index is 12.9. The molecule has 2 aromatic heterocycles. The van der Waals surface area contributed by atoms with Gasteiger partial charge in [0, 0.05) is 5.38 Å². The molecule has 0 radical (unpaired) electrons. The van der Waals surface area contributed by atoms with Crippen molar-refractivity contribution < 1.29 is 22.4 Å². The summed E-state index contributed by atoms with van der Waals surface area (Å²) in [7, 11) is -3.94. The Bertz CT molecular complexity index is 1030. The van der Waals surface area contributed by atoms with Gasteiger partial charge in [0.1, 0.15) is 10.8 Å². The lowest BCUT2D eigenvalue weighted by atomic mass is 10.2. The molecule has 3 aromatic rings. The number of tetrazole rings is 1. The molecule has 0 atom stereocenters. The minimum Gasteiger partial charge on any atom is -0.290 e. The molecule has 1 aromatic carbocycles. The third kappa shape index (κ3) is 3.49. The summed E-state index contributed by atoms with van der Waals surface area (Å²) >= 11 is 0.916. The SMILES string of the molecule is O=C(Cc1nc(S(=O)(=O)c2ccc(F)cc2)cs1)C(=O)c1nn[nH]n1. The van der Waals surface area contributed by atoms with Crippen LogP contribution in [-0.2, 0) is 21.1 Å². The van der Waals surface area contributed by atoms with Crippen LogP contribution in [0.2, 0.25) is 0 Å². The van der Waals surface area contributed by atoms with E-state index >= 15 is 0 Å². The van der Waals surface area contributed by atoms with Crippen molar-refractivity contribution in [3.8, 4) is 0 Å². The zero-order valence-corrected chi connectivity index (χ0v) is 13.8. The zero-order valence-electron chi connectivity index (χ0n) is 12.2. The van der Waals surface area contributed by atoms with Crippen LogP contribution in [-0.4, -0.2) is 45.6 Å². The predicted octanol–water partition coefficient (Wildman–Crippen LogP) is 0.623. The molecule has 0 aliphatic heterocycles. The number of sulfone groups is 1. The summed E-state index contributed by atoms with van der Waals surface area (Å²) in [5, 5.41) is 13.2. The highest BCUT2D eigenvalue weighted by Crippen LogP contribution is 2.23. The molecule has 0 aliphatic rings. The molecule has 0 fully saturated rings. The number of hydrogen-bond donors (Lipinski definition) is 1. The number of aromatic nitrogens is 5. The van der Waals surface area contributed by atoms with Crippen LogP contribution in [0.5, 0.6) is 0 Å². The van der Waals surface area contributed by atoms with Crippen LogP contribution < -0.4 is 0 Å². The minimum absolute atomic E-state index is 0.125. The first-order valence-corrected chi connectivity index (χ1v) is 9.00. The number of nitrogens with one attached hydrogen (secondary N) is 1. The van der Waals surface area contributed by atoms with E-state index < -0.39 is 33.6 Å². The fourth-order valence-electron chi connectivity index (χ4n) is 1.83. The molecule has 9 nitrogen and oxygen atoms in total. The standard InChI is InChI=1S/C13H8FN5O4S2/c14-7-1-3-8(4-2-7)25(22,23)11-6-24-10(15-11)5-9(20)12(21)13-16-18-19-17-13/h1-4,6H,5H2,(H,16,17,18,19). The van der Waals surface area contributed by atoms with Crippen LogP contribution in [0.25, 0.3) is 0 Å². The summed E-state index contributed by atoms with van der Waals surface area (Å²) in [4.78, 5) is 27.4. The number of carbonyl (C=O) groups excluding carboxylic acids is 2. The van der Waals surface area contributed by atoms with Gasteiger partial charge in [-0.2, -0.15) is 5.21 Å². The summed E-state index contributed by atoms with van der Waals surface area (Å²) in [6, 6.07) is 4.28. The number of Topliss-reactive ketones (excluding diaryl/α,β-unsaturated/α-hetero) is 2. The van der Waals surface area contributed by atoms with Gasteiger partial charge in [0.25, 0.3) is 5.78 Å². The van der Waals surface area contributed by atoms with Crippen LogP contribution in [0.1, 0.15) is 15.6 Å². The van der Waals surface area contributed by atoms with Crippen molar-refractivity contribution >= 4 is 32.7 Å². The molecule has 0 aliphatic carbocycles. The van der Waals surface area contributed by atoms with Crippen LogP contribution in [0, 0.1) is 5.82 Å². The van der Waals surface area contributed by atoms with E-state index in [1.54, 1.807) is 0 Å². The van der Waals surface area contributed by atoms with Gasteiger partial charge in [-0.25, -0.2) is 17.8 Å². The second-order valence-electron chi connectivity index (χ2n) is 4.70. The van der Waals surface area contributed by atoms with Crippen molar-refractivity contribution in [2.24, 2.45) is 0 Å². The molecule has 0 bridgehead atoms. The zero-order chi connectivity index (χ0) is 18.0. The van der Waals surface area contributed by atoms with E-state index in [0.29, 0.717) is 0 Å².